The van der Waals surface area contributed by atoms with Crippen molar-refractivity contribution in [3.8, 4) is 5.75 Å². The SMILES string of the molecule is NCCNC(=O)O[C@@H]1C[C@H]2C(=O)N[C@@H](CCc3ccccc3)C(=O)N[C@H](Cc3c[nH]c4ccccc34)C(=O)C[C@@H](CC3CCNCC3)C(=O)N[C@@H](Cc3ccc(OCc4ccccc4)cc3)C(=O)N[C@@H](Cc3ccc(Cl)cc3)C(=O)N2C1. The smallest absolute Gasteiger partial charge is 0.407 e. The third-order valence-corrected chi connectivity index (χ3v) is 15.9. The molecule has 0 aliphatic carbocycles. The Labute approximate surface area is 482 Å². The Kier molecular flexibility index (Phi) is 20.4. The number of alkyl carbamates (subject to hydrolysis) is 1. The fourth-order valence-electron chi connectivity index (χ4n) is 11.2. The molecule has 430 valence electrons. The molecule has 0 radical (unpaired) electrons. The first-order valence-corrected chi connectivity index (χ1v) is 28.7. The number of halogens is 1. The van der Waals surface area contributed by atoms with Crippen LogP contribution < -0.4 is 42.4 Å². The van der Waals surface area contributed by atoms with Crippen LogP contribution in [0.1, 0.15) is 66.3 Å². The van der Waals surface area contributed by atoms with Gasteiger partial charge in [-0.1, -0.05) is 115 Å². The summed E-state index contributed by atoms with van der Waals surface area (Å²) in [6, 6.07) is 34.4. The van der Waals surface area contributed by atoms with Crippen LogP contribution in [0.2, 0.25) is 5.02 Å². The number of para-hydroxylation sites is 1. The molecule has 18 nitrogen and oxygen atoms in total. The third-order valence-electron chi connectivity index (χ3n) is 15.6. The van der Waals surface area contributed by atoms with E-state index in [1.54, 1.807) is 54.7 Å². The number of aryl methyl sites for hydroxylation is 1. The Morgan fingerprint density at radius 3 is 2.00 bits per heavy atom. The van der Waals surface area contributed by atoms with Crippen molar-refractivity contribution >= 4 is 63.9 Å². The van der Waals surface area contributed by atoms with Gasteiger partial charge in [0.2, 0.25) is 29.5 Å². The third kappa shape index (κ3) is 16.1. The molecule has 0 bridgehead atoms. The quantitative estimate of drug-likeness (QED) is 0.0555. The van der Waals surface area contributed by atoms with Gasteiger partial charge < -0.3 is 57.0 Å². The molecule has 7 atom stereocenters. The first-order chi connectivity index (χ1) is 39.8. The van der Waals surface area contributed by atoms with Gasteiger partial charge in [0.1, 0.15) is 42.6 Å². The minimum Gasteiger partial charge on any atom is -0.489 e. The van der Waals surface area contributed by atoms with Crippen molar-refractivity contribution in [1.29, 1.82) is 0 Å². The minimum atomic E-state index is -1.35. The van der Waals surface area contributed by atoms with Gasteiger partial charge in [0.15, 0.2) is 5.78 Å². The van der Waals surface area contributed by atoms with Crippen LogP contribution in [-0.4, -0.2) is 120 Å². The number of aromatic nitrogens is 1. The van der Waals surface area contributed by atoms with E-state index in [1.807, 2.05) is 84.9 Å². The van der Waals surface area contributed by atoms with Crippen molar-refractivity contribution in [1.82, 2.24) is 41.8 Å². The van der Waals surface area contributed by atoms with Gasteiger partial charge in [-0.15, -0.1) is 0 Å². The molecule has 5 aromatic carbocycles. The molecule has 3 aliphatic heterocycles. The lowest BCUT2D eigenvalue weighted by molar-refractivity contribution is -0.143. The number of hydrogen-bond acceptors (Lipinski definition) is 11. The number of hydrogen-bond donors (Lipinski definition) is 8. The number of fused-ring (bicyclic) bond motifs is 2. The van der Waals surface area contributed by atoms with Crippen LogP contribution in [0, 0.1) is 11.8 Å². The summed E-state index contributed by atoms with van der Waals surface area (Å²) in [5, 5.41) is 19.3. The molecule has 1 aromatic heterocycles. The lowest BCUT2D eigenvalue weighted by atomic mass is 9.83. The van der Waals surface area contributed by atoms with Gasteiger partial charge in [-0.05, 0) is 109 Å². The number of H-pyrrole nitrogens is 1. The van der Waals surface area contributed by atoms with Crippen molar-refractivity contribution in [2.45, 2.75) is 107 Å². The average Bonchev–Trinajstić information content (AvgIpc) is 4.34. The van der Waals surface area contributed by atoms with Crippen molar-refractivity contribution < 1.29 is 43.0 Å². The van der Waals surface area contributed by atoms with Gasteiger partial charge >= 0.3 is 6.09 Å². The molecular formula is C63H72ClN9O9. The second kappa shape index (κ2) is 28.6. The number of nitrogens with one attached hydrogen (secondary N) is 7. The fraction of sp³-hybridized carbons (Fsp3) is 0.381. The number of carbonyl (C=O) groups excluding carboxylic acids is 7. The molecule has 3 aliphatic rings. The molecule has 6 amide bonds. The van der Waals surface area contributed by atoms with Crippen LogP contribution >= 0.6 is 11.6 Å². The maximum atomic E-state index is 15.5. The highest BCUT2D eigenvalue weighted by Gasteiger charge is 2.45. The first-order valence-electron chi connectivity index (χ1n) is 28.3. The molecule has 82 heavy (non-hydrogen) atoms. The number of nitrogens with two attached hydrogens (primary N) is 1. The monoisotopic (exact) mass is 1130 g/mol. The van der Waals surface area contributed by atoms with E-state index in [4.69, 9.17) is 26.8 Å². The number of carbonyl (C=O) groups is 7. The number of piperidine rings is 1. The van der Waals surface area contributed by atoms with Gasteiger partial charge in [-0.3, -0.25) is 28.8 Å². The highest BCUT2D eigenvalue weighted by molar-refractivity contribution is 6.30. The molecule has 6 aromatic rings. The number of ether oxygens (including phenoxy) is 2. The highest BCUT2D eigenvalue weighted by Crippen LogP contribution is 2.28. The molecule has 0 saturated carbocycles. The predicted octanol–water partition coefficient (Wildman–Crippen LogP) is 5.63. The molecule has 9 N–H and O–H groups in total. The van der Waals surface area contributed by atoms with Crippen LogP contribution in [0.5, 0.6) is 5.75 Å². The number of aromatic amines is 1. The second-order valence-electron chi connectivity index (χ2n) is 21.6. The van der Waals surface area contributed by atoms with Crippen LogP contribution in [0.4, 0.5) is 4.79 Å². The molecule has 9 rings (SSSR count). The lowest BCUT2D eigenvalue weighted by Gasteiger charge is -2.32. The number of Topliss-reactive ketones (excluding diaryl/α,β-unsaturated/α-hetero) is 1. The van der Waals surface area contributed by atoms with E-state index in [2.05, 4.69) is 36.9 Å². The van der Waals surface area contributed by atoms with Gasteiger partial charge in [0.05, 0.1) is 12.6 Å². The number of ketones is 1. The molecule has 3 fully saturated rings. The minimum absolute atomic E-state index is 0.0292. The Balaban J connectivity index is 1.11. The molecule has 0 spiro atoms. The van der Waals surface area contributed by atoms with Crippen LogP contribution in [0.3, 0.4) is 0 Å². The Hall–Kier alpha value is -8.06. The number of amides is 6. The maximum absolute atomic E-state index is 15.5. The van der Waals surface area contributed by atoms with E-state index < -0.39 is 83.6 Å². The predicted molar refractivity (Wildman–Crippen MR) is 311 cm³/mol. The zero-order chi connectivity index (χ0) is 57.4. The van der Waals surface area contributed by atoms with Crippen LogP contribution in [-0.2, 0) is 65.8 Å². The zero-order valence-electron chi connectivity index (χ0n) is 45.8. The summed E-state index contributed by atoms with van der Waals surface area (Å²) in [4.78, 5) is 109. The van der Waals surface area contributed by atoms with E-state index >= 15 is 28.8 Å². The number of rotatable bonds is 17. The number of benzene rings is 5. The van der Waals surface area contributed by atoms with Crippen LogP contribution in [0.15, 0.2) is 140 Å². The van der Waals surface area contributed by atoms with Crippen molar-refractivity contribution in [2.24, 2.45) is 17.6 Å². The average molecular weight is 1130 g/mol. The molecule has 0 unspecified atom stereocenters. The van der Waals surface area contributed by atoms with E-state index in [0.717, 1.165) is 53.5 Å². The summed E-state index contributed by atoms with van der Waals surface area (Å²) < 4.78 is 11.9. The van der Waals surface area contributed by atoms with E-state index in [9.17, 15) is 4.79 Å². The Morgan fingerprint density at radius 2 is 1.28 bits per heavy atom. The normalized spacial score (nSPS) is 22.5. The molecule has 3 saturated heterocycles. The fourth-order valence-corrected chi connectivity index (χ4v) is 11.3. The van der Waals surface area contributed by atoms with Gasteiger partial charge in [0, 0.05) is 73.2 Å². The van der Waals surface area contributed by atoms with Gasteiger partial charge in [-0.25, -0.2) is 4.79 Å². The highest BCUT2D eigenvalue weighted by atomic mass is 35.5. The summed E-state index contributed by atoms with van der Waals surface area (Å²) in [7, 11) is 0. The van der Waals surface area contributed by atoms with Gasteiger partial charge in [0.25, 0.3) is 0 Å². The largest absolute Gasteiger partial charge is 0.489 e. The standard InChI is InChI=1S/C63H72ClN9O9/c64-47-20-15-41(16-21-47)33-55-62(79)73-38-49(82-63(80)67-30-27-65)36-56(73)61(78)69-52(24-19-40-9-3-1-4-10-40)59(76)70-53(34-46-37-68-51-14-8-7-13-50(46)51)57(74)35-45(31-43-25-28-66-29-26-43)58(75)71-54(60(77)72-55)32-42-17-22-48(23-18-42)81-39-44-11-5-2-6-12-44/h1-18,20-23,37,43,45,49,52-56,66,68H,19,24-36,38-39,65H2,(H,67,80)(H,69,78)(H,70,76)(H,71,75)(H,72,77)/t45-,49-,52+,53-,54+,55+,56+/m1/s1. The maximum Gasteiger partial charge on any atom is 0.407 e. The first kappa shape index (κ1) is 58.6. The number of nitrogens with zero attached hydrogens (tertiary/aromatic N) is 1. The zero-order valence-corrected chi connectivity index (χ0v) is 46.5. The molecule has 4 heterocycles. The van der Waals surface area contributed by atoms with Crippen molar-refractivity contribution in [3.05, 3.63) is 172 Å². The summed E-state index contributed by atoms with van der Waals surface area (Å²) in [5.41, 5.74) is 10.4. The summed E-state index contributed by atoms with van der Waals surface area (Å²) in [5.74, 6) is -3.96. The van der Waals surface area contributed by atoms with Crippen LogP contribution in [0.25, 0.3) is 10.9 Å². The summed E-state index contributed by atoms with van der Waals surface area (Å²) in [6.45, 7) is 1.78. The van der Waals surface area contributed by atoms with Gasteiger partial charge in [-0.2, -0.15) is 0 Å². The van der Waals surface area contributed by atoms with Crippen molar-refractivity contribution in [2.75, 3.05) is 32.7 Å². The second-order valence-corrected chi connectivity index (χ2v) is 22.0. The Morgan fingerprint density at radius 1 is 0.659 bits per heavy atom. The van der Waals surface area contributed by atoms with Crippen molar-refractivity contribution in [3.63, 3.8) is 0 Å². The van der Waals surface area contributed by atoms with E-state index in [1.165, 1.54) is 4.90 Å². The van der Waals surface area contributed by atoms with E-state index in [0.29, 0.717) is 41.3 Å². The molecule has 19 heteroatoms. The molecular weight excluding hydrogens is 1060 g/mol. The van der Waals surface area contributed by atoms with E-state index in [-0.39, 0.29) is 64.1 Å². The topological polar surface area (TPSA) is 255 Å². The summed E-state index contributed by atoms with van der Waals surface area (Å²) >= 11 is 6.32. The Bertz CT molecular complexity index is 3140. The lowest BCUT2D eigenvalue weighted by Crippen LogP contribution is -2.60. The summed E-state index contributed by atoms with van der Waals surface area (Å²) in [6.07, 6.45) is 1.79.